The van der Waals surface area contributed by atoms with Crippen LogP contribution in [0, 0.1) is 5.92 Å². The number of benzene rings is 1. The number of hydrogen-bond donors (Lipinski definition) is 2. The summed E-state index contributed by atoms with van der Waals surface area (Å²) < 4.78 is 5.56. The van der Waals surface area contributed by atoms with Gasteiger partial charge >= 0.3 is 0 Å². The van der Waals surface area contributed by atoms with Crippen molar-refractivity contribution in [3.8, 4) is 0 Å². The maximum absolute atomic E-state index is 12.5. The molecule has 2 unspecified atom stereocenters. The van der Waals surface area contributed by atoms with Crippen LogP contribution in [-0.4, -0.2) is 31.7 Å². The topological polar surface area (TPSA) is 50.4 Å². The Morgan fingerprint density at radius 1 is 1.23 bits per heavy atom. The number of carbonyl (C=O) groups excluding carboxylic acids is 1. The predicted octanol–water partition coefficient (Wildman–Crippen LogP) is 2.44. The quantitative estimate of drug-likeness (QED) is 0.894. The van der Waals surface area contributed by atoms with E-state index in [1.807, 2.05) is 18.2 Å². The van der Waals surface area contributed by atoms with Crippen molar-refractivity contribution in [1.29, 1.82) is 0 Å². The lowest BCUT2D eigenvalue weighted by Gasteiger charge is -2.29. The van der Waals surface area contributed by atoms with Crippen LogP contribution >= 0.6 is 12.4 Å². The monoisotopic (exact) mass is 324 g/mol. The summed E-state index contributed by atoms with van der Waals surface area (Å²) in [6.45, 7) is 2.05. The summed E-state index contributed by atoms with van der Waals surface area (Å²) in [5, 5.41) is 6.45. The molecule has 1 saturated heterocycles. The highest BCUT2D eigenvalue weighted by atomic mass is 35.5. The summed E-state index contributed by atoms with van der Waals surface area (Å²) >= 11 is 0. The summed E-state index contributed by atoms with van der Waals surface area (Å²) in [4.78, 5) is 12.5. The molecule has 2 fully saturated rings. The van der Waals surface area contributed by atoms with E-state index in [4.69, 9.17) is 4.74 Å². The first-order valence-corrected chi connectivity index (χ1v) is 8.02. The largest absolute Gasteiger partial charge is 0.366 e. The Kier molecular flexibility index (Phi) is 6.68. The fraction of sp³-hybridized carbons (Fsp3) is 0.588. The van der Waals surface area contributed by atoms with Gasteiger partial charge in [-0.1, -0.05) is 43.2 Å². The molecule has 2 atom stereocenters. The number of morpholine rings is 1. The van der Waals surface area contributed by atoms with Crippen molar-refractivity contribution in [2.24, 2.45) is 5.92 Å². The number of rotatable bonds is 4. The van der Waals surface area contributed by atoms with Gasteiger partial charge in [0.2, 0.25) is 0 Å². The standard InChI is InChI=1S/C17H24N2O2.ClH/c20-17(15-12-18-10-11-21-15)19-16(14-8-4-5-9-14)13-6-2-1-3-7-13;/h1-3,6-7,14-16,18H,4-5,8-12H2,(H,19,20);1H. The fourth-order valence-electron chi connectivity index (χ4n) is 3.40. The van der Waals surface area contributed by atoms with E-state index in [2.05, 4.69) is 22.8 Å². The van der Waals surface area contributed by atoms with Crippen molar-refractivity contribution >= 4 is 18.3 Å². The SMILES string of the molecule is Cl.O=C(NC(c1ccccc1)C1CCCC1)C1CNCCO1. The van der Waals surface area contributed by atoms with Crippen molar-refractivity contribution in [3.05, 3.63) is 35.9 Å². The second kappa shape index (κ2) is 8.51. The molecule has 1 amide bonds. The fourth-order valence-corrected chi connectivity index (χ4v) is 3.40. The molecule has 2 N–H and O–H groups in total. The van der Waals surface area contributed by atoms with Gasteiger partial charge < -0.3 is 15.4 Å². The van der Waals surface area contributed by atoms with Gasteiger partial charge in [-0.25, -0.2) is 0 Å². The third kappa shape index (κ3) is 4.22. The lowest BCUT2D eigenvalue weighted by molar-refractivity contribution is -0.135. The molecule has 0 bridgehead atoms. The lowest BCUT2D eigenvalue weighted by Crippen LogP contribution is -2.49. The van der Waals surface area contributed by atoms with E-state index in [1.165, 1.54) is 31.2 Å². The molecule has 5 heteroatoms. The van der Waals surface area contributed by atoms with Gasteiger partial charge in [-0.3, -0.25) is 4.79 Å². The number of nitrogens with one attached hydrogen (secondary N) is 2. The smallest absolute Gasteiger partial charge is 0.250 e. The van der Waals surface area contributed by atoms with Crippen molar-refractivity contribution < 1.29 is 9.53 Å². The van der Waals surface area contributed by atoms with Gasteiger partial charge in [-0.05, 0) is 24.3 Å². The van der Waals surface area contributed by atoms with E-state index in [0.717, 1.165) is 6.54 Å². The van der Waals surface area contributed by atoms with E-state index < -0.39 is 0 Å². The lowest BCUT2D eigenvalue weighted by atomic mass is 9.91. The van der Waals surface area contributed by atoms with E-state index >= 15 is 0 Å². The van der Waals surface area contributed by atoms with Crippen molar-refractivity contribution in [2.75, 3.05) is 19.7 Å². The van der Waals surface area contributed by atoms with Crippen LogP contribution in [0.5, 0.6) is 0 Å². The molecular formula is C17H25ClN2O2. The minimum absolute atomic E-state index is 0. The molecule has 3 rings (SSSR count). The Labute approximate surface area is 138 Å². The number of hydrogen-bond acceptors (Lipinski definition) is 3. The highest BCUT2D eigenvalue weighted by Gasteiger charge is 2.30. The average Bonchev–Trinajstić information content (AvgIpc) is 3.08. The van der Waals surface area contributed by atoms with Gasteiger partial charge in [0.05, 0.1) is 12.6 Å². The highest BCUT2D eigenvalue weighted by Crippen LogP contribution is 2.35. The third-order valence-corrected chi connectivity index (χ3v) is 4.55. The van der Waals surface area contributed by atoms with E-state index in [0.29, 0.717) is 19.1 Å². The molecule has 1 aromatic carbocycles. The van der Waals surface area contributed by atoms with E-state index in [9.17, 15) is 4.79 Å². The van der Waals surface area contributed by atoms with Crippen LogP contribution in [0.4, 0.5) is 0 Å². The molecule has 0 aromatic heterocycles. The Morgan fingerprint density at radius 3 is 2.59 bits per heavy atom. The first kappa shape index (κ1) is 17.3. The van der Waals surface area contributed by atoms with E-state index in [1.54, 1.807) is 0 Å². The molecule has 1 aromatic rings. The maximum atomic E-state index is 12.5. The molecule has 0 radical (unpaired) electrons. The summed E-state index contributed by atoms with van der Waals surface area (Å²) in [6, 6.07) is 10.5. The zero-order chi connectivity index (χ0) is 14.5. The highest BCUT2D eigenvalue weighted by molar-refractivity contribution is 5.85. The Morgan fingerprint density at radius 2 is 1.95 bits per heavy atom. The molecule has 122 valence electrons. The summed E-state index contributed by atoms with van der Waals surface area (Å²) in [7, 11) is 0. The number of halogens is 1. The van der Waals surface area contributed by atoms with Crippen LogP contribution in [0.15, 0.2) is 30.3 Å². The van der Waals surface area contributed by atoms with Gasteiger partial charge in [-0.15, -0.1) is 12.4 Å². The van der Waals surface area contributed by atoms with E-state index in [-0.39, 0.29) is 30.5 Å². The number of amides is 1. The zero-order valence-corrected chi connectivity index (χ0v) is 13.6. The minimum atomic E-state index is -0.355. The Hall–Kier alpha value is -1.10. The number of ether oxygens (including phenoxy) is 1. The molecule has 1 aliphatic carbocycles. The third-order valence-electron chi connectivity index (χ3n) is 4.55. The first-order valence-electron chi connectivity index (χ1n) is 8.02. The molecule has 4 nitrogen and oxygen atoms in total. The molecule has 1 saturated carbocycles. The summed E-state index contributed by atoms with van der Waals surface area (Å²) in [6.07, 6.45) is 4.58. The minimum Gasteiger partial charge on any atom is -0.366 e. The normalized spacial score (nSPS) is 23.5. The van der Waals surface area contributed by atoms with Crippen LogP contribution in [-0.2, 0) is 9.53 Å². The van der Waals surface area contributed by atoms with Crippen LogP contribution in [0.2, 0.25) is 0 Å². The van der Waals surface area contributed by atoms with Crippen molar-refractivity contribution in [3.63, 3.8) is 0 Å². The van der Waals surface area contributed by atoms with Crippen molar-refractivity contribution in [1.82, 2.24) is 10.6 Å². The summed E-state index contributed by atoms with van der Waals surface area (Å²) in [5.74, 6) is 0.566. The zero-order valence-electron chi connectivity index (χ0n) is 12.8. The van der Waals surface area contributed by atoms with Gasteiger partial charge in [0.1, 0.15) is 6.10 Å². The molecular weight excluding hydrogens is 300 g/mol. The molecule has 0 spiro atoms. The van der Waals surface area contributed by atoms with Gasteiger partial charge in [0, 0.05) is 13.1 Å². The van der Waals surface area contributed by atoms with Crippen LogP contribution in [0.25, 0.3) is 0 Å². The predicted molar refractivity (Wildman–Crippen MR) is 89.1 cm³/mol. The van der Waals surface area contributed by atoms with Gasteiger partial charge in [0.25, 0.3) is 5.91 Å². The van der Waals surface area contributed by atoms with Crippen LogP contribution in [0.1, 0.15) is 37.3 Å². The summed E-state index contributed by atoms with van der Waals surface area (Å²) in [5.41, 5.74) is 1.21. The second-order valence-electron chi connectivity index (χ2n) is 6.01. The molecule has 1 aliphatic heterocycles. The average molecular weight is 325 g/mol. The molecule has 1 heterocycles. The van der Waals surface area contributed by atoms with Crippen molar-refractivity contribution in [2.45, 2.75) is 37.8 Å². The van der Waals surface area contributed by atoms with Gasteiger partial charge in [-0.2, -0.15) is 0 Å². The Bertz CT molecular complexity index is 457. The first-order chi connectivity index (χ1) is 10.3. The van der Waals surface area contributed by atoms with Gasteiger partial charge in [0.15, 0.2) is 0 Å². The van der Waals surface area contributed by atoms with Crippen LogP contribution in [0.3, 0.4) is 0 Å². The van der Waals surface area contributed by atoms with Crippen LogP contribution < -0.4 is 10.6 Å². The molecule has 2 aliphatic rings. The maximum Gasteiger partial charge on any atom is 0.250 e. The Balaban J connectivity index is 0.00000176. The second-order valence-corrected chi connectivity index (χ2v) is 6.01. The number of carbonyl (C=O) groups is 1. The molecule has 22 heavy (non-hydrogen) atoms.